The molecule has 1 aliphatic rings. The Hall–Kier alpha value is -0.590. The van der Waals surface area contributed by atoms with E-state index in [2.05, 4.69) is 5.32 Å². The van der Waals surface area contributed by atoms with Crippen molar-refractivity contribution in [2.24, 2.45) is 11.7 Å². The van der Waals surface area contributed by atoms with Crippen LogP contribution in [-0.4, -0.2) is 18.3 Å². The van der Waals surface area contributed by atoms with Crippen LogP contribution in [0.2, 0.25) is 0 Å². The van der Waals surface area contributed by atoms with Crippen molar-refractivity contribution < 1.29 is 13.2 Å². The van der Waals surface area contributed by atoms with E-state index in [1.54, 1.807) is 11.3 Å². The van der Waals surface area contributed by atoms with Gasteiger partial charge in [0.1, 0.15) is 0 Å². The van der Waals surface area contributed by atoms with E-state index in [9.17, 15) is 13.2 Å². The van der Waals surface area contributed by atoms with E-state index in [1.165, 1.54) is 0 Å². The average Bonchev–Trinajstić information content (AvgIpc) is 2.89. The van der Waals surface area contributed by atoms with Crippen LogP contribution in [0.15, 0.2) is 17.5 Å². The molecule has 2 atom stereocenters. The number of alkyl halides is 3. The van der Waals surface area contributed by atoms with Crippen molar-refractivity contribution in [1.29, 1.82) is 0 Å². The molecule has 0 bridgehead atoms. The molecule has 2 rings (SSSR count). The second-order valence-corrected chi connectivity index (χ2v) is 6.28. The molecule has 1 aromatic heterocycles. The van der Waals surface area contributed by atoms with Crippen molar-refractivity contribution in [2.45, 2.75) is 43.9 Å². The fraction of sp³-hybridized carbons (Fsp3) is 0.692. The Kier molecular flexibility index (Phi) is 4.53. The molecule has 1 aromatic rings. The minimum atomic E-state index is -4.11. The summed E-state index contributed by atoms with van der Waals surface area (Å²) < 4.78 is 38.6. The zero-order valence-corrected chi connectivity index (χ0v) is 11.5. The molecule has 0 spiro atoms. The normalized spacial score (nSPS) is 28.5. The maximum atomic E-state index is 12.9. The molecule has 1 saturated carbocycles. The molecular formula is C13H19F3N2S. The van der Waals surface area contributed by atoms with Crippen LogP contribution >= 0.6 is 11.3 Å². The van der Waals surface area contributed by atoms with Crippen LogP contribution in [0.4, 0.5) is 13.2 Å². The van der Waals surface area contributed by atoms with Gasteiger partial charge in [0, 0.05) is 23.5 Å². The smallest absolute Gasteiger partial charge is 0.329 e. The topological polar surface area (TPSA) is 38.0 Å². The Labute approximate surface area is 115 Å². The summed E-state index contributed by atoms with van der Waals surface area (Å²) >= 11 is 1.60. The van der Waals surface area contributed by atoms with Crippen LogP contribution < -0.4 is 11.1 Å². The summed E-state index contributed by atoms with van der Waals surface area (Å²) in [5, 5.41) is 5.24. The number of nitrogens with one attached hydrogen (secondary N) is 1. The van der Waals surface area contributed by atoms with E-state index < -0.39 is 17.6 Å². The maximum Gasteiger partial charge on any atom is 0.391 e. The number of rotatable bonds is 4. The summed E-state index contributed by atoms with van der Waals surface area (Å²) in [7, 11) is 0. The lowest BCUT2D eigenvalue weighted by molar-refractivity contribution is -0.188. The lowest BCUT2D eigenvalue weighted by atomic mass is 9.75. The standard InChI is InChI=1S/C13H19F3N2S/c14-13(15,16)10-3-1-5-12(7-10,9-17)18-8-11-4-2-6-19-11/h2,4,6,10,18H,1,3,5,7-9,17H2. The van der Waals surface area contributed by atoms with E-state index in [-0.39, 0.29) is 19.4 Å². The van der Waals surface area contributed by atoms with Crippen molar-refractivity contribution in [3.63, 3.8) is 0 Å². The van der Waals surface area contributed by atoms with Crippen LogP contribution in [0.3, 0.4) is 0 Å². The first-order valence-electron chi connectivity index (χ1n) is 6.49. The lowest BCUT2D eigenvalue weighted by Gasteiger charge is -2.41. The molecule has 19 heavy (non-hydrogen) atoms. The Morgan fingerprint density at radius 3 is 2.84 bits per heavy atom. The summed E-state index contributed by atoms with van der Waals surface area (Å²) in [5.74, 6) is -1.22. The van der Waals surface area contributed by atoms with Gasteiger partial charge in [0.15, 0.2) is 0 Å². The van der Waals surface area contributed by atoms with Gasteiger partial charge in [0.05, 0.1) is 5.92 Å². The van der Waals surface area contributed by atoms with Gasteiger partial charge in [-0.25, -0.2) is 0 Å². The fourth-order valence-electron chi connectivity index (χ4n) is 2.75. The quantitative estimate of drug-likeness (QED) is 0.893. The summed E-state index contributed by atoms with van der Waals surface area (Å²) in [6.07, 6.45) is -2.48. The summed E-state index contributed by atoms with van der Waals surface area (Å²) in [6.45, 7) is 0.852. The van der Waals surface area contributed by atoms with Gasteiger partial charge in [0.25, 0.3) is 0 Å². The highest BCUT2D eigenvalue weighted by atomic mass is 32.1. The first-order chi connectivity index (χ1) is 8.95. The Morgan fingerprint density at radius 1 is 1.47 bits per heavy atom. The number of hydrogen-bond donors (Lipinski definition) is 2. The molecular weight excluding hydrogens is 273 g/mol. The van der Waals surface area contributed by atoms with Gasteiger partial charge >= 0.3 is 6.18 Å². The summed E-state index contributed by atoms with van der Waals surface area (Å²) in [4.78, 5) is 1.13. The molecule has 0 amide bonds. The van der Waals surface area contributed by atoms with Gasteiger partial charge in [-0.15, -0.1) is 11.3 Å². The van der Waals surface area contributed by atoms with Crippen LogP contribution in [0.25, 0.3) is 0 Å². The second-order valence-electron chi connectivity index (χ2n) is 5.25. The highest BCUT2D eigenvalue weighted by molar-refractivity contribution is 7.09. The largest absolute Gasteiger partial charge is 0.391 e. The molecule has 1 fully saturated rings. The summed E-state index contributed by atoms with van der Waals surface area (Å²) in [5.41, 5.74) is 5.19. The molecule has 2 unspecified atom stereocenters. The third-order valence-corrected chi connectivity index (χ3v) is 4.79. The number of halogens is 3. The second kappa shape index (κ2) is 5.81. The number of thiophene rings is 1. The molecule has 1 heterocycles. The molecule has 0 aliphatic heterocycles. The first kappa shape index (κ1) is 14.8. The molecule has 6 heteroatoms. The van der Waals surface area contributed by atoms with Gasteiger partial charge in [-0.1, -0.05) is 12.5 Å². The predicted octanol–water partition coefficient (Wildman–Crippen LogP) is 3.29. The van der Waals surface area contributed by atoms with Gasteiger partial charge in [0.2, 0.25) is 0 Å². The van der Waals surface area contributed by atoms with Gasteiger partial charge in [-0.3, -0.25) is 0 Å². The Balaban J connectivity index is 2.00. The van der Waals surface area contributed by atoms with Crippen molar-refractivity contribution in [3.05, 3.63) is 22.4 Å². The third kappa shape index (κ3) is 3.70. The minimum Gasteiger partial charge on any atom is -0.329 e. The molecule has 2 nitrogen and oxygen atoms in total. The molecule has 0 radical (unpaired) electrons. The number of hydrogen-bond acceptors (Lipinski definition) is 3. The summed E-state index contributed by atoms with van der Waals surface area (Å²) in [6, 6.07) is 3.92. The van der Waals surface area contributed by atoms with Crippen molar-refractivity contribution >= 4 is 11.3 Å². The first-order valence-corrected chi connectivity index (χ1v) is 7.37. The molecule has 108 valence electrons. The zero-order valence-electron chi connectivity index (χ0n) is 10.7. The van der Waals surface area contributed by atoms with E-state index in [1.807, 2.05) is 17.5 Å². The average molecular weight is 292 g/mol. The lowest BCUT2D eigenvalue weighted by Crippen LogP contribution is -2.55. The highest BCUT2D eigenvalue weighted by Crippen LogP contribution is 2.41. The van der Waals surface area contributed by atoms with Crippen LogP contribution in [0, 0.1) is 5.92 Å². The van der Waals surface area contributed by atoms with Gasteiger partial charge in [-0.05, 0) is 30.7 Å². The monoisotopic (exact) mass is 292 g/mol. The van der Waals surface area contributed by atoms with E-state index in [0.717, 1.165) is 11.3 Å². The third-order valence-electron chi connectivity index (χ3n) is 3.92. The van der Waals surface area contributed by atoms with E-state index in [4.69, 9.17) is 5.73 Å². The van der Waals surface area contributed by atoms with Gasteiger partial charge in [-0.2, -0.15) is 13.2 Å². The molecule has 3 N–H and O–H groups in total. The van der Waals surface area contributed by atoms with Crippen molar-refractivity contribution in [3.8, 4) is 0 Å². The van der Waals surface area contributed by atoms with Gasteiger partial charge < -0.3 is 11.1 Å². The highest BCUT2D eigenvalue weighted by Gasteiger charge is 2.46. The van der Waals surface area contributed by atoms with Crippen LogP contribution in [-0.2, 0) is 6.54 Å². The fourth-order valence-corrected chi connectivity index (χ4v) is 3.39. The maximum absolute atomic E-state index is 12.9. The Bertz CT molecular complexity index is 391. The van der Waals surface area contributed by atoms with E-state index in [0.29, 0.717) is 13.0 Å². The minimum absolute atomic E-state index is 0.0956. The molecule has 1 aliphatic carbocycles. The zero-order chi connectivity index (χ0) is 13.9. The van der Waals surface area contributed by atoms with Crippen LogP contribution in [0.1, 0.15) is 30.6 Å². The van der Waals surface area contributed by atoms with E-state index >= 15 is 0 Å². The van der Waals surface area contributed by atoms with Crippen LogP contribution in [0.5, 0.6) is 0 Å². The van der Waals surface area contributed by atoms with Crippen molar-refractivity contribution in [1.82, 2.24) is 5.32 Å². The molecule has 0 aromatic carbocycles. The Morgan fingerprint density at radius 2 is 2.26 bits per heavy atom. The number of nitrogens with two attached hydrogens (primary N) is 1. The SMILES string of the molecule is NCC1(NCc2cccs2)CCCC(C(F)(F)F)C1. The predicted molar refractivity (Wildman–Crippen MR) is 71.0 cm³/mol. The molecule has 0 saturated heterocycles. The van der Waals surface area contributed by atoms with Crippen molar-refractivity contribution in [2.75, 3.05) is 6.54 Å².